The number of carbonyl (C=O) groups excluding carboxylic acids is 1. The quantitative estimate of drug-likeness (QED) is 0.720. The van der Waals surface area contributed by atoms with E-state index in [9.17, 15) is 9.18 Å². The van der Waals surface area contributed by atoms with Gasteiger partial charge in [-0.3, -0.25) is 4.79 Å². The summed E-state index contributed by atoms with van der Waals surface area (Å²) in [5, 5.41) is 4.06. The molecule has 0 fully saturated rings. The molecule has 0 aliphatic heterocycles. The standard InChI is InChI=1S/C21H23FN2O/c1-15(2)12-23-21(25)11-17-14-24(20-6-4-3-5-19(17)20)13-16-7-9-18(22)10-8-16/h3-10,14-15H,11-13H2,1-2H3,(H,23,25). The van der Waals surface area contributed by atoms with Gasteiger partial charge in [0.15, 0.2) is 0 Å². The zero-order chi connectivity index (χ0) is 17.8. The van der Waals surface area contributed by atoms with Crippen LogP contribution in [0.4, 0.5) is 4.39 Å². The van der Waals surface area contributed by atoms with E-state index < -0.39 is 0 Å². The normalized spacial score (nSPS) is 11.2. The lowest BCUT2D eigenvalue weighted by Crippen LogP contribution is -2.28. The fraction of sp³-hybridized carbons (Fsp3) is 0.286. The monoisotopic (exact) mass is 338 g/mol. The average molecular weight is 338 g/mol. The van der Waals surface area contributed by atoms with E-state index in [2.05, 4.69) is 23.7 Å². The van der Waals surface area contributed by atoms with E-state index >= 15 is 0 Å². The number of benzene rings is 2. The lowest BCUT2D eigenvalue weighted by Gasteiger charge is -2.07. The Labute approximate surface area is 147 Å². The van der Waals surface area contributed by atoms with Crippen LogP contribution in [-0.2, 0) is 17.8 Å². The number of aromatic nitrogens is 1. The molecule has 130 valence electrons. The molecule has 0 saturated heterocycles. The van der Waals surface area contributed by atoms with Crippen LogP contribution in [0.25, 0.3) is 10.9 Å². The van der Waals surface area contributed by atoms with E-state index in [0.29, 0.717) is 25.4 Å². The van der Waals surface area contributed by atoms with Gasteiger partial charge >= 0.3 is 0 Å². The highest BCUT2D eigenvalue weighted by Crippen LogP contribution is 2.23. The van der Waals surface area contributed by atoms with E-state index in [-0.39, 0.29) is 11.7 Å². The van der Waals surface area contributed by atoms with Crippen LogP contribution in [-0.4, -0.2) is 17.0 Å². The molecular formula is C21H23FN2O. The molecule has 1 amide bonds. The molecule has 4 heteroatoms. The molecule has 0 unspecified atom stereocenters. The summed E-state index contributed by atoms with van der Waals surface area (Å²) >= 11 is 0. The largest absolute Gasteiger partial charge is 0.356 e. The van der Waals surface area contributed by atoms with Gasteiger partial charge in [0, 0.05) is 30.2 Å². The number of nitrogens with one attached hydrogen (secondary N) is 1. The van der Waals surface area contributed by atoms with Crippen LogP contribution in [0.2, 0.25) is 0 Å². The Kier molecular flexibility index (Phi) is 5.17. The van der Waals surface area contributed by atoms with Gasteiger partial charge in [-0.1, -0.05) is 44.2 Å². The van der Waals surface area contributed by atoms with Gasteiger partial charge in [-0.15, -0.1) is 0 Å². The Morgan fingerprint density at radius 3 is 2.56 bits per heavy atom. The first kappa shape index (κ1) is 17.2. The van der Waals surface area contributed by atoms with E-state index in [1.165, 1.54) is 12.1 Å². The number of halogens is 1. The van der Waals surface area contributed by atoms with Crippen LogP contribution < -0.4 is 5.32 Å². The molecule has 3 aromatic rings. The summed E-state index contributed by atoms with van der Waals surface area (Å²) in [5.74, 6) is 0.241. The number of rotatable bonds is 6. The number of hydrogen-bond donors (Lipinski definition) is 1. The van der Waals surface area contributed by atoms with Gasteiger partial charge in [-0.2, -0.15) is 0 Å². The predicted molar refractivity (Wildman–Crippen MR) is 99.0 cm³/mol. The average Bonchev–Trinajstić information content (AvgIpc) is 2.93. The first-order valence-electron chi connectivity index (χ1n) is 8.61. The topological polar surface area (TPSA) is 34.0 Å². The second-order valence-electron chi connectivity index (χ2n) is 6.80. The van der Waals surface area contributed by atoms with Crippen molar-refractivity contribution in [2.75, 3.05) is 6.54 Å². The first-order valence-corrected chi connectivity index (χ1v) is 8.61. The van der Waals surface area contributed by atoms with Crippen molar-refractivity contribution in [2.45, 2.75) is 26.8 Å². The number of hydrogen-bond acceptors (Lipinski definition) is 1. The Hall–Kier alpha value is -2.62. The van der Waals surface area contributed by atoms with E-state index in [1.54, 1.807) is 12.1 Å². The van der Waals surface area contributed by atoms with Gasteiger partial charge in [0.25, 0.3) is 0 Å². The van der Waals surface area contributed by atoms with E-state index in [4.69, 9.17) is 0 Å². The van der Waals surface area contributed by atoms with E-state index in [1.807, 2.05) is 30.5 Å². The van der Waals surface area contributed by atoms with Crippen molar-refractivity contribution in [3.05, 3.63) is 71.7 Å². The molecule has 25 heavy (non-hydrogen) atoms. The molecule has 0 aliphatic carbocycles. The molecule has 1 heterocycles. The first-order chi connectivity index (χ1) is 12.0. The molecule has 0 spiro atoms. The molecule has 1 N–H and O–H groups in total. The van der Waals surface area contributed by atoms with E-state index in [0.717, 1.165) is 22.0 Å². The van der Waals surface area contributed by atoms with Crippen molar-refractivity contribution >= 4 is 16.8 Å². The van der Waals surface area contributed by atoms with Crippen molar-refractivity contribution < 1.29 is 9.18 Å². The maximum absolute atomic E-state index is 13.1. The zero-order valence-corrected chi connectivity index (χ0v) is 14.6. The Bertz CT molecular complexity index is 865. The highest BCUT2D eigenvalue weighted by Gasteiger charge is 2.12. The summed E-state index contributed by atoms with van der Waals surface area (Å²) in [6, 6.07) is 14.6. The van der Waals surface area contributed by atoms with Crippen molar-refractivity contribution in [2.24, 2.45) is 5.92 Å². The molecular weight excluding hydrogens is 315 g/mol. The second-order valence-corrected chi connectivity index (χ2v) is 6.80. The number of fused-ring (bicyclic) bond motifs is 1. The van der Waals surface area contributed by atoms with Crippen LogP contribution in [0.1, 0.15) is 25.0 Å². The SMILES string of the molecule is CC(C)CNC(=O)Cc1cn(Cc2ccc(F)cc2)c2ccccc12. The molecule has 0 radical (unpaired) electrons. The van der Waals surface area contributed by atoms with Crippen molar-refractivity contribution in [3.8, 4) is 0 Å². The fourth-order valence-corrected chi connectivity index (χ4v) is 2.93. The molecule has 0 bridgehead atoms. The highest BCUT2D eigenvalue weighted by molar-refractivity contribution is 5.89. The molecule has 3 nitrogen and oxygen atoms in total. The third-order valence-electron chi connectivity index (χ3n) is 4.20. The van der Waals surface area contributed by atoms with Crippen molar-refractivity contribution in [1.82, 2.24) is 9.88 Å². The van der Waals surface area contributed by atoms with Gasteiger partial charge in [0.2, 0.25) is 5.91 Å². The van der Waals surface area contributed by atoms with Gasteiger partial charge in [0.05, 0.1) is 6.42 Å². The minimum Gasteiger partial charge on any atom is -0.356 e. The molecule has 0 atom stereocenters. The summed E-state index contributed by atoms with van der Waals surface area (Å²) < 4.78 is 15.2. The molecule has 2 aromatic carbocycles. The van der Waals surface area contributed by atoms with Crippen molar-refractivity contribution in [1.29, 1.82) is 0 Å². The van der Waals surface area contributed by atoms with Gasteiger partial charge in [-0.05, 0) is 35.2 Å². The van der Waals surface area contributed by atoms with Crippen molar-refractivity contribution in [3.63, 3.8) is 0 Å². The Balaban J connectivity index is 1.85. The van der Waals surface area contributed by atoms with Crippen LogP contribution in [0.3, 0.4) is 0 Å². The maximum Gasteiger partial charge on any atom is 0.224 e. The second kappa shape index (κ2) is 7.51. The third kappa shape index (κ3) is 4.27. The minimum atomic E-state index is -0.233. The highest BCUT2D eigenvalue weighted by atomic mass is 19.1. The summed E-state index contributed by atoms with van der Waals surface area (Å²) in [6.07, 6.45) is 2.40. The zero-order valence-electron chi connectivity index (χ0n) is 14.6. The molecule has 1 aromatic heterocycles. The number of nitrogens with zero attached hydrogens (tertiary/aromatic N) is 1. The smallest absolute Gasteiger partial charge is 0.224 e. The Morgan fingerprint density at radius 1 is 1.12 bits per heavy atom. The number of amides is 1. The number of carbonyl (C=O) groups is 1. The molecule has 0 aliphatic rings. The minimum absolute atomic E-state index is 0.0402. The van der Waals surface area contributed by atoms with Gasteiger partial charge in [-0.25, -0.2) is 4.39 Å². The lowest BCUT2D eigenvalue weighted by atomic mass is 10.1. The lowest BCUT2D eigenvalue weighted by molar-refractivity contribution is -0.120. The summed E-state index contributed by atoms with van der Waals surface area (Å²) in [7, 11) is 0. The fourth-order valence-electron chi connectivity index (χ4n) is 2.93. The van der Waals surface area contributed by atoms with Crippen LogP contribution in [0, 0.1) is 11.7 Å². The maximum atomic E-state index is 13.1. The molecule has 3 rings (SSSR count). The third-order valence-corrected chi connectivity index (χ3v) is 4.20. The Morgan fingerprint density at radius 2 is 1.84 bits per heavy atom. The summed E-state index contributed by atoms with van der Waals surface area (Å²) in [5.41, 5.74) is 3.12. The summed E-state index contributed by atoms with van der Waals surface area (Å²) in [4.78, 5) is 12.2. The molecule has 0 saturated carbocycles. The summed E-state index contributed by atoms with van der Waals surface area (Å²) in [6.45, 7) is 5.49. The number of para-hydroxylation sites is 1. The predicted octanol–water partition coefficient (Wildman–Crippen LogP) is 4.14. The van der Waals surface area contributed by atoms with Gasteiger partial charge < -0.3 is 9.88 Å². The van der Waals surface area contributed by atoms with Crippen LogP contribution in [0.5, 0.6) is 0 Å². The van der Waals surface area contributed by atoms with Gasteiger partial charge in [0.1, 0.15) is 5.82 Å². The van der Waals surface area contributed by atoms with Crippen LogP contribution >= 0.6 is 0 Å². The van der Waals surface area contributed by atoms with Crippen LogP contribution in [0.15, 0.2) is 54.7 Å².